The van der Waals surface area contributed by atoms with Gasteiger partial charge in [-0.1, -0.05) is 13.0 Å². The number of carbonyl (C=O) groups is 1. The van der Waals surface area contributed by atoms with Gasteiger partial charge in [0.25, 0.3) is 0 Å². The molecule has 3 heteroatoms. The Kier molecular flexibility index (Phi) is 3.22. The Bertz CT molecular complexity index is 389. The fourth-order valence-electron chi connectivity index (χ4n) is 2.33. The second kappa shape index (κ2) is 4.64. The first-order valence-electron chi connectivity index (χ1n) is 5.95. The maximum atomic E-state index is 11.8. The van der Waals surface area contributed by atoms with Gasteiger partial charge in [-0.3, -0.25) is 9.78 Å². The van der Waals surface area contributed by atoms with Gasteiger partial charge in [0.05, 0.1) is 11.7 Å². The van der Waals surface area contributed by atoms with Crippen molar-refractivity contribution in [1.82, 2.24) is 9.88 Å². The second-order valence-corrected chi connectivity index (χ2v) is 4.30. The summed E-state index contributed by atoms with van der Waals surface area (Å²) in [6.07, 6.45) is 2.72. The highest BCUT2D eigenvalue weighted by atomic mass is 16.2. The zero-order valence-corrected chi connectivity index (χ0v) is 9.94. The summed E-state index contributed by atoms with van der Waals surface area (Å²) in [4.78, 5) is 18.3. The Hall–Kier alpha value is -1.38. The van der Waals surface area contributed by atoms with Gasteiger partial charge in [-0.15, -0.1) is 0 Å². The summed E-state index contributed by atoms with van der Waals surface area (Å²) in [6.45, 7) is 4.79. The molecule has 86 valence electrons. The number of pyridine rings is 1. The minimum atomic E-state index is 0.201. The number of nitrogens with zero attached hydrogens (tertiary/aromatic N) is 2. The molecule has 0 aromatic carbocycles. The second-order valence-electron chi connectivity index (χ2n) is 4.30. The first-order chi connectivity index (χ1) is 7.72. The van der Waals surface area contributed by atoms with E-state index in [-0.39, 0.29) is 11.9 Å². The molecule has 0 N–H and O–H groups in total. The molecular weight excluding hydrogens is 200 g/mol. The number of aromatic nitrogens is 1. The van der Waals surface area contributed by atoms with Crippen LogP contribution in [0.5, 0.6) is 0 Å². The van der Waals surface area contributed by atoms with Crippen molar-refractivity contribution < 1.29 is 4.79 Å². The number of likely N-dealkylation sites (tertiary alicyclic amines) is 1. The van der Waals surface area contributed by atoms with E-state index in [9.17, 15) is 4.79 Å². The van der Waals surface area contributed by atoms with Crippen molar-refractivity contribution in [3.8, 4) is 0 Å². The Balaban J connectivity index is 2.23. The average molecular weight is 218 g/mol. The zero-order valence-electron chi connectivity index (χ0n) is 9.94. The zero-order chi connectivity index (χ0) is 11.5. The van der Waals surface area contributed by atoms with E-state index < -0.39 is 0 Å². The molecule has 0 saturated carbocycles. The molecule has 1 aliphatic heterocycles. The molecule has 1 fully saturated rings. The quantitative estimate of drug-likeness (QED) is 0.764. The van der Waals surface area contributed by atoms with Crippen molar-refractivity contribution in [2.24, 2.45) is 0 Å². The molecule has 1 aliphatic rings. The molecule has 2 rings (SSSR count). The van der Waals surface area contributed by atoms with Crippen LogP contribution in [0.4, 0.5) is 0 Å². The van der Waals surface area contributed by atoms with Crippen LogP contribution in [0, 0.1) is 6.92 Å². The summed E-state index contributed by atoms with van der Waals surface area (Å²) in [5, 5.41) is 0. The third-order valence-electron chi connectivity index (χ3n) is 3.13. The standard InChI is InChI=1S/C13H18N2O/c1-3-13(16)15-9-5-8-12(15)11-7-4-6-10(2)14-11/h4,6-7,12H,3,5,8-9H2,1-2H3. The maximum Gasteiger partial charge on any atom is 0.222 e. The molecule has 0 aliphatic carbocycles. The average Bonchev–Trinajstić information content (AvgIpc) is 2.77. The van der Waals surface area contributed by atoms with E-state index in [1.165, 1.54) is 0 Å². The minimum Gasteiger partial charge on any atom is -0.334 e. The van der Waals surface area contributed by atoms with Gasteiger partial charge in [-0.2, -0.15) is 0 Å². The van der Waals surface area contributed by atoms with Crippen molar-refractivity contribution in [2.75, 3.05) is 6.54 Å². The Morgan fingerprint density at radius 2 is 2.38 bits per heavy atom. The SMILES string of the molecule is CCC(=O)N1CCCC1c1cccc(C)n1. The Morgan fingerprint density at radius 1 is 1.56 bits per heavy atom. The van der Waals surface area contributed by atoms with Gasteiger partial charge in [0, 0.05) is 18.7 Å². The first kappa shape index (κ1) is 11.1. The topological polar surface area (TPSA) is 33.2 Å². The van der Waals surface area contributed by atoms with Gasteiger partial charge in [0.2, 0.25) is 5.91 Å². The fraction of sp³-hybridized carbons (Fsp3) is 0.538. The third-order valence-corrected chi connectivity index (χ3v) is 3.13. The van der Waals surface area contributed by atoms with Gasteiger partial charge in [0.15, 0.2) is 0 Å². The lowest BCUT2D eigenvalue weighted by Crippen LogP contribution is -2.30. The lowest BCUT2D eigenvalue weighted by Gasteiger charge is -2.24. The van der Waals surface area contributed by atoms with Crippen LogP contribution in [-0.4, -0.2) is 22.3 Å². The Labute approximate surface area is 96.5 Å². The van der Waals surface area contributed by atoms with Gasteiger partial charge >= 0.3 is 0 Å². The van der Waals surface area contributed by atoms with E-state index in [1.54, 1.807) is 0 Å². The lowest BCUT2D eigenvalue weighted by atomic mass is 10.1. The minimum absolute atomic E-state index is 0.201. The molecule has 0 bridgehead atoms. The third kappa shape index (κ3) is 2.08. The van der Waals surface area contributed by atoms with E-state index in [0.717, 1.165) is 30.8 Å². The summed E-state index contributed by atoms with van der Waals surface area (Å²) in [5.41, 5.74) is 2.06. The predicted molar refractivity (Wildman–Crippen MR) is 63.0 cm³/mol. The van der Waals surface area contributed by atoms with E-state index in [4.69, 9.17) is 0 Å². The summed E-state index contributed by atoms with van der Waals surface area (Å²) in [7, 11) is 0. The van der Waals surface area contributed by atoms with Crippen LogP contribution in [-0.2, 0) is 4.79 Å². The van der Waals surface area contributed by atoms with Gasteiger partial charge in [0.1, 0.15) is 0 Å². The molecular formula is C13H18N2O. The van der Waals surface area contributed by atoms with E-state index in [2.05, 4.69) is 4.98 Å². The molecule has 0 radical (unpaired) electrons. The van der Waals surface area contributed by atoms with E-state index in [1.807, 2.05) is 36.9 Å². The summed E-state index contributed by atoms with van der Waals surface area (Å²) in [6, 6.07) is 6.24. The largest absolute Gasteiger partial charge is 0.334 e. The molecule has 16 heavy (non-hydrogen) atoms. The summed E-state index contributed by atoms with van der Waals surface area (Å²) in [5.74, 6) is 0.241. The molecule has 3 nitrogen and oxygen atoms in total. The highest BCUT2D eigenvalue weighted by Gasteiger charge is 2.29. The summed E-state index contributed by atoms with van der Waals surface area (Å²) < 4.78 is 0. The van der Waals surface area contributed by atoms with Crippen molar-refractivity contribution in [3.63, 3.8) is 0 Å². The molecule has 1 unspecified atom stereocenters. The predicted octanol–water partition coefficient (Wildman–Crippen LogP) is 2.46. The van der Waals surface area contributed by atoms with Crippen molar-refractivity contribution in [1.29, 1.82) is 0 Å². The van der Waals surface area contributed by atoms with Gasteiger partial charge in [-0.05, 0) is 31.9 Å². The molecule has 1 saturated heterocycles. The van der Waals surface area contributed by atoms with Crippen LogP contribution in [0.2, 0.25) is 0 Å². The Morgan fingerprint density at radius 3 is 3.06 bits per heavy atom. The van der Waals surface area contributed by atoms with Crippen LogP contribution in [0.1, 0.15) is 43.6 Å². The molecule has 1 amide bonds. The monoisotopic (exact) mass is 218 g/mol. The van der Waals surface area contributed by atoms with Crippen LogP contribution in [0.25, 0.3) is 0 Å². The van der Waals surface area contributed by atoms with Crippen molar-refractivity contribution >= 4 is 5.91 Å². The number of hydrogen-bond acceptors (Lipinski definition) is 2. The van der Waals surface area contributed by atoms with Crippen LogP contribution >= 0.6 is 0 Å². The van der Waals surface area contributed by atoms with E-state index >= 15 is 0 Å². The molecule has 1 atom stereocenters. The highest BCUT2D eigenvalue weighted by molar-refractivity contribution is 5.76. The molecule has 0 spiro atoms. The lowest BCUT2D eigenvalue weighted by molar-refractivity contribution is -0.131. The number of rotatable bonds is 2. The maximum absolute atomic E-state index is 11.8. The normalized spacial score (nSPS) is 20.1. The summed E-state index contributed by atoms with van der Waals surface area (Å²) >= 11 is 0. The highest BCUT2D eigenvalue weighted by Crippen LogP contribution is 2.31. The van der Waals surface area contributed by atoms with Crippen LogP contribution in [0.3, 0.4) is 0 Å². The molecule has 2 heterocycles. The molecule has 1 aromatic rings. The number of hydrogen-bond donors (Lipinski definition) is 0. The smallest absolute Gasteiger partial charge is 0.222 e. The van der Waals surface area contributed by atoms with E-state index in [0.29, 0.717) is 6.42 Å². The number of amides is 1. The number of aryl methyl sites for hydroxylation is 1. The first-order valence-corrected chi connectivity index (χ1v) is 5.95. The van der Waals surface area contributed by atoms with Crippen molar-refractivity contribution in [2.45, 2.75) is 39.2 Å². The van der Waals surface area contributed by atoms with Gasteiger partial charge < -0.3 is 4.90 Å². The van der Waals surface area contributed by atoms with Crippen LogP contribution < -0.4 is 0 Å². The van der Waals surface area contributed by atoms with Gasteiger partial charge in [-0.25, -0.2) is 0 Å². The molecule has 1 aromatic heterocycles. The van der Waals surface area contributed by atoms with Crippen LogP contribution in [0.15, 0.2) is 18.2 Å². The number of carbonyl (C=O) groups excluding carboxylic acids is 1. The van der Waals surface area contributed by atoms with Crippen molar-refractivity contribution in [3.05, 3.63) is 29.6 Å². The fourth-order valence-corrected chi connectivity index (χ4v) is 2.33.